The summed E-state index contributed by atoms with van der Waals surface area (Å²) < 4.78 is 0. The molecule has 66 valence electrons. The van der Waals surface area contributed by atoms with Gasteiger partial charge in [0.05, 0.1) is 6.10 Å². The van der Waals surface area contributed by atoms with Crippen LogP contribution in [0.4, 0.5) is 0 Å². The number of aryl methyl sites for hydroxylation is 1. The number of nitrogens with two attached hydrogens (primary N) is 1. The van der Waals surface area contributed by atoms with Gasteiger partial charge in [0.2, 0.25) is 0 Å². The van der Waals surface area contributed by atoms with Gasteiger partial charge in [-0.15, -0.1) is 0 Å². The van der Waals surface area contributed by atoms with Crippen LogP contribution in [-0.4, -0.2) is 11.7 Å². The zero-order valence-corrected chi connectivity index (χ0v) is 7.12. The molecule has 3 heteroatoms. The van der Waals surface area contributed by atoms with Crippen molar-refractivity contribution >= 4 is 0 Å². The maximum atomic E-state index is 9.47. The third-order valence-corrected chi connectivity index (χ3v) is 1.77. The van der Waals surface area contributed by atoms with Crippen LogP contribution in [-0.2, 0) is 0 Å². The fourth-order valence-corrected chi connectivity index (χ4v) is 1.02. The average Bonchev–Trinajstić information content (AvgIpc) is 2.06. The molecule has 1 atom stereocenters. The summed E-state index contributed by atoms with van der Waals surface area (Å²) in [6.45, 7) is 2.39. The summed E-state index contributed by atoms with van der Waals surface area (Å²) in [4.78, 5) is 0. The summed E-state index contributed by atoms with van der Waals surface area (Å²) in [5, 5.41) is 9.47. The van der Waals surface area contributed by atoms with Gasteiger partial charge < -0.3 is 5.11 Å². The minimum Gasteiger partial charge on any atom is -0.387 e. The molecule has 0 fully saturated rings. The van der Waals surface area contributed by atoms with E-state index in [0.717, 1.165) is 5.56 Å². The first-order valence-electron chi connectivity index (χ1n) is 3.92. The first kappa shape index (κ1) is 9.19. The Morgan fingerprint density at radius 3 is 2.50 bits per heavy atom. The van der Waals surface area contributed by atoms with Crippen LogP contribution in [0.5, 0.6) is 0 Å². The maximum absolute atomic E-state index is 9.47. The summed E-state index contributed by atoms with van der Waals surface area (Å²) in [6, 6.07) is 7.73. The summed E-state index contributed by atoms with van der Waals surface area (Å²) in [6.07, 6.45) is -0.518. The van der Waals surface area contributed by atoms with E-state index in [1.54, 1.807) is 0 Å². The largest absolute Gasteiger partial charge is 0.387 e. The van der Waals surface area contributed by atoms with Crippen LogP contribution in [0.25, 0.3) is 0 Å². The van der Waals surface area contributed by atoms with Crippen molar-refractivity contribution in [3.63, 3.8) is 0 Å². The number of rotatable bonds is 3. The molecule has 1 aromatic rings. The van der Waals surface area contributed by atoms with Crippen molar-refractivity contribution in [3.05, 3.63) is 35.4 Å². The second-order valence-electron chi connectivity index (χ2n) is 2.83. The number of hydrogen-bond donors (Lipinski definition) is 3. The Balaban J connectivity index is 2.68. The topological polar surface area (TPSA) is 58.3 Å². The molecular formula is C9H14N2O. The van der Waals surface area contributed by atoms with E-state index in [9.17, 15) is 5.11 Å². The molecule has 1 unspecified atom stereocenters. The highest BCUT2D eigenvalue weighted by molar-refractivity contribution is 5.23. The van der Waals surface area contributed by atoms with Gasteiger partial charge in [0.1, 0.15) is 0 Å². The van der Waals surface area contributed by atoms with Crippen molar-refractivity contribution in [2.24, 2.45) is 5.84 Å². The molecule has 0 bridgehead atoms. The van der Waals surface area contributed by atoms with Crippen LogP contribution in [0.2, 0.25) is 0 Å². The number of nitrogens with one attached hydrogen (secondary N) is 1. The molecule has 3 nitrogen and oxygen atoms in total. The van der Waals surface area contributed by atoms with Crippen molar-refractivity contribution in [2.75, 3.05) is 6.54 Å². The summed E-state index contributed by atoms with van der Waals surface area (Å²) in [7, 11) is 0. The van der Waals surface area contributed by atoms with E-state index in [-0.39, 0.29) is 0 Å². The fourth-order valence-electron chi connectivity index (χ4n) is 1.02. The SMILES string of the molecule is Cc1ccc(C(O)CNN)cc1. The fraction of sp³-hybridized carbons (Fsp3) is 0.333. The third kappa shape index (κ3) is 2.30. The van der Waals surface area contributed by atoms with Crippen LogP contribution in [0.15, 0.2) is 24.3 Å². The number of hydrogen-bond acceptors (Lipinski definition) is 3. The second-order valence-corrected chi connectivity index (χ2v) is 2.83. The van der Waals surface area contributed by atoms with Crippen molar-refractivity contribution < 1.29 is 5.11 Å². The Morgan fingerprint density at radius 2 is 2.00 bits per heavy atom. The quantitative estimate of drug-likeness (QED) is 0.452. The van der Waals surface area contributed by atoms with E-state index in [2.05, 4.69) is 5.43 Å². The van der Waals surface area contributed by atoms with Gasteiger partial charge in [0.15, 0.2) is 0 Å². The molecule has 4 N–H and O–H groups in total. The van der Waals surface area contributed by atoms with Crippen molar-refractivity contribution in [3.8, 4) is 0 Å². The molecule has 0 heterocycles. The van der Waals surface area contributed by atoms with E-state index in [1.165, 1.54) is 5.56 Å². The van der Waals surface area contributed by atoms with Crippen LogP contribution in [0.3, 0.4) is 0 Å². The van der Waals surface area contributed by atoms with Gasteiger partial charge in [0.25, 0.3) is 0 Å². The van der Waals surface area contributed by atoms with Crippen molar-refractivity contribution in [2.45, 2.75) is 13.0 Å². The normalized spacial score (nSPS) is 12.9. The lowest BCUT2D eigenvalue weighted by Crippen LogP contribution is -2.27. The van der Waals surface area contributed by atoms with Crippen LogP contribution >= 0.6 is 0 Å². The first-order chi connectivity index (χ1) is 5.74. The van der Waals surface area contributed by atoms with E-state index in [4.69, 9.17) is 5.84 Å². The highest BCUT2D eigenvalue weighted by Gasteiger charge is 2.04. The lowest BCUT2D eigenvalue weighted by Gasteiger charge is -2.09. The molecule has 0 spiro atoms. The number of aliphatic hydroxyl groups excluding tert-OH is 1. The maximum Gasteiger partial charge on any atom is 0.0928 e. The van der Waals surface area contributed by atoms with Gasteiger partial charge >= 0.3 is 0 Å². The van der Waals surface area contributed by atoms with Gasteiger partial charge in [0, 0.05) is 6.54 Å². The highest BCUT2D eigenvalue weighted by atomic mass is 16.3. The zero-order chi connectivity index (χ0) is 8.97. The van der Waals surface area contributed by atoms with Crippen molar-refractivity contribution in [1.82, 2.24) is 5.43 Å². The third-order valence-electron chi connectivity index (χ3n) is 1.77. The number of aliphatic hydroxyl groups is 1. The average molecular weight is 166 g/mol. The van der Waals surface area contributed by atoms with Crippen LogP contribution < -0.4 is 11.3 Å². The predicted molar refractivity (Wildman–Crippen MR) is 48.3 cm³/mol. The number of benzene rings is 1. The van der Waals surface area contributed by atoms with E-state index in [1.807, 2.05) is 31.2 Å². The molecule has 1 rings (SSSR count). The standard InChI is InChI=1S/C9H14N2O/c1-7-2-4-8(5-3-7)9(12)6-11-10/h2-5,9,11-12H,6,10H2,1H3. The van der Waals surface area contributed by atoms with Crippen molar-refractivity contribution in [1.29, 1.82) is 0 Å². The Kier molecular flexibility index (Phi) is 3.22. The van der Waals surface area contributed by atoms with Crippen LogP contribution in [0.1, 0.15) is 17.2 Å². The second kappa shape index (κ2) is 4.21. The highest BCUT2D eigenvalue weighted by Crippen LogP contribution is 2.11. The Hall–Kier alpha value is -0.900. The minimum absolute atomic E-state index is 0.378. The predicted octanol–water partition coefficient (Wildman–Crippen LogP) is 0.492. The molecule has 1 aromatic carbocycles. The van der Waals surface area contributed by atoms with E-state index >= 15 is 0 Å². The van der Waals surface area contributed by atoms with E-state index < -0.39 is 6.10 Å². The molecule has 0 aliphatic carbocycles. The van der Waals surface area contributed by atoms with Gasteiger partial charge in [-0.1, -0.05) is 29.8 Å². The summed E-state index contributed by atoms with van der Waals surface area (Å²) >= 11 is 0. The van der Waals surface area contributed by atoms with Crippen LogP contribution in [0, 0.1) is 6.92 Å². The molecular weight excluding hydrogens is 152 g/mol. The van der Waals surface area contributed by atoms with Gasteiger partial charge in [-0.2, -0.15) is 0 Å². The monoisotopic (exact) mass is 166 g/mol. The molecule has 0 radical (unpaired) electrons. The minimum atomic E-state index is -0.518. The lowest BCUT2D eigenvalue weighted by molar-refractivity contribution is 0.175. The first-order valence-corrected chi connectivity index (χ1v) is 3.92. The molecule has 12 heavy (non-hydrogen) atoms. The molecule has 0 aliphatic heterocycles. The molecule has 0 aromatic heterocycles. The lowest BCUT2D eigenvalue weighted by atomic mass is 10.1. The smallest absolute Gasteiger partial charge is 0.0928 e. The Labute approximate surface area is 72.2 Å². The number of hydrazine groups is 1. The van der Waals surface area contributed by atoms with Gasteiger partial charge in [-0.25, -0.2) is 0 Å². The zero-order valence-electron chi connectivity index (χ0n) is 7.12. The molecule has 0 saturated carbocycles. The van der Waals surface area contributed by atoms with Gasteiger partial charge in [-0.05, 0) is 12.5 Å². The Morgan fingerprint density at radius 1 is 1.42 bits per heavy atom. The summed E-state index contributed by atoms with van der Waals surface area (Å²) in [5.74, 6) is 5.09. The summed E-state index contributed by atoms with van der Waals surface area (Å²) in [5.41, 5.74) is 4.50. The van der Waals surface area contributed by atoms with Gasteiger partial charge in [-0.3, -0.25) is 11.3 Å². The molecule has 0 aliphatic rings. The molecule has 0 amide bonds. The Bertz CT molecular complexity index is 233. The molecule has 0 saturated heterocycles. The van der Waals surface area contributed by atoms with E-state index in [0.29, 0.717) is 6.54 Å².